The van der Waals surface area contributed by atoms with Crippen LogP contribution in [0.2, 0.25) is 0 Å². The van der Waals surface area contributed by atoms with Crippen LogP contribution in [0.1, 0.15) is 31.6 Å². The lowest BCUT2D eigenvalue weighted by molar-refractivity contribution is 0.549. The highest BCUT2D eigenvalue weighted by molar-refractivity contribution is 5.74. The fraction of sp³-hybridized carbons (Fsp3) is 0.417. The van der Waals surface area contributed by atoms with Crippen LogP contribution >= 0.6 is 0 Å². The van der Waals surface area contributed by atoms with Crippen LogP contribution in [-0.2, 0) is 0 Å². The molecule has 3 nitrogen and oxygen atoms in total. The van der Waals surface area contributed by atoms with E-state index in [2.05, 4.69) is 28.3 Å². The Labute approximate surface area is 88.9 Å². The van der Waals surface area contributed by atoms with Gasteiger partial charge in [0.1, 0.15) is 5.82 Å². The largest absolute Gasteiger partial charge is 0.341 e. The van der Waals surface area contributed by atoms with Gasteiger partial charge in [0.05, 0.1) is 17.1 Å². The van der Waals surface area contributed by atoms with Crippen molar-refractivity contribution in [2.24, 2.45) is 0 Å². The zero-order valence-electron chi connectivity index (χ0n) is 8.83. The highest BCUT2D eigenvalue weighted by atomic mass is 15.1. The Hall–Kier alpha value is -1.35. The number of nitrogens with zero attached hydrogens (tertiary/aromatic N) is 1. The van der Waals surface area contributed by atoms with E-state index in [1.54, 1.807) is 0 Å². The molecule has 1 aromatic heterocycles. The fourth-order valence-corrected chi connectivity index (χ4v) is 1.86. The Morgan fingerprint density at radius 2 is 2.20 bits per heavy atom. The summed E-state index contributed by atoms with van der Waals surface area (Å²) in [6, 6.07) is 9.20. The third kappa shape index (κ3) is 1.75. The predicted octanol–water partition coefficient (Wildman–Crippen LogP) is 2.38. The summed E-state index contributed by atoms with van der Waals surface area (Å²) in [5.41, 5.74) is 2.17. The predicted molar refractivity (Wildman–Crippen MR) is 60.7 cm³/mol. The van der Waals surface area contributed by atoms with E-state index in [4.69, 9.17) is 0 Å². The van der Waals surface area contributed by atoms with E-state index in [-0.39, 0.29) is 0 Å². The average Bonchev–Trinajstić information content (AvgIpc) is 2.95. The summed E-state index contributed by atoms with van der Waals surface area (Å²) in [5, 5.41) is 3.54. The summed E-state index contributed by atoms with van der Waals surface area (Å²) in [6.45, 7) is 2.16. The van der Waals surface area contributed by atoms with Crippen molar-refractivity contribution in [1.82, 2.24) is 15.3 Å². The Bertz CT molecular complexity index is 437. The van der Waals surface area contributed by atoms with Crippen LogP contribution in [0.4, 0.5) is 0 Å². The van der Waals surface area contributed by atoms with Gasteiger partial charge in [0.15, 0.2) is 0 Å². The molecule has 3 heteroatoms. The summed E-state index contributed by atoms with van der Waals surface area (Å²) in [5.74, 6) is 1.04. The molecule has 0 radical (unpaired) electrons. The Morgan fingerprint density at radius 1 is 1.40 bits per heavy atom. The summed E-state index contributed by atoms with van der Waals surface area (Å²) < 4.78 is 0. The number of benzene rings is 1. The number of aromatic nitrogens is 2. The molecule has 1 unspecified atom stereocenters. The molecule has 0 spiro atoms. The van der Waals surface area contributed by atoms with Crippen molar-refractivity contribution < 1.29 is 0 Å². The van der Waals surface area contributed by atoms with Crippen LogP contribution < -0.4 is 5.32 Å². The Morgan fingerprint density at radius 3 is 2.93 bits per heavy atom. The second kappa shape index (κ2) is 3.35. The molecule has 0 aliphatic heterocycles. The van der Waals surface area contributed by atoms with Crippen molar-refractivity contribution in [1.29, 1.82) is 0 Å². The van der Waals surface area contributed by atoms with Gasteiger partial charge in [-0.25, -0.2) is 4.98 Å². The van der Waals surface area contributed by atoms with Crippen LogP contribution in [0.25, 0.3) is 11.0 Å². The minimum Gasteiger partial charge on any atom is -0.341 e. The molecule has 3 rings (SSSR count). The maximum atomic E-state index is 4.58. The molecule has 78 valence electrons. The molecular formula is C12H15N3. The van der Waals surface area contributed by atoms with Gasteiger partial charge in [0.2, 0.25) is 0 Å². The van der Waals surface area contributed by atoms with Crippen LogP contribution in [0.15, 0.2) is 24.3 Å². The molecule has 1 aliphatic rings. The second-order valence-corrected chi connectivity index (χ2v) is 4.30. The molecule has 15 heavy (non-hydrogen) atoms. The summed E-state index contributed by atoms with van der Waals surface area (Å²) in [7, 11) is 0. The zero-order chi connectivity index (χ0) is 10.3. The number of hydrogen-bond acceptors (Lipinski definition) is 2. The van der Waals surface area contributed by atoms with Crippen LogP contribution in [-0.4, -0.2) is 16.0 Å². The Kier molecular flexibility index (Phi) is 1.99. The lowest BCUT2D eigenvalue weighted by Crippen LogP contribution is -2.21. The number of H-pyrrole nitrogens is 1. The van der Waals surface area contributed by atoms with Crippen molar-refractivity contribution in [3.8, 4) is 0 Å². The molecule has 2 N–H and O–H groups in total. The number of hydrogen-bond donors (Lipinski definition) is 2. The molecule has 0 bridgehead atoms. The number of fused-ring (bicyclic) bond motifs is 1. The molecule has 2 aromatic rings. The van der Waals surface area contributed by atoms with Gasteiger partial charge >= 0.3 is 0 Å². The topological polar surface area (TPSA) is 40.7 Å². The first-order chi connectivity index (χ1) is 7.33. The quantitative estimate of drug-likeness (QED) is 0.800. The van der Waals surface area contributed by atoms with Crippen molar-refractivity contribution in [3.05, 3.63) is 30.1 Å². The molecule has 1 aromatic carbocycles. The molecule has 0 amide bonds. The molecule has 1 heterocycles. The third-order valence-corrected chi connectivity index (χ3v) is 2.88. The van der Waals surface area contributed by atoms with Crippen molar-refractivity contribution in [2.45, 2.75) is 31.8 Å². The molecule has 1 fully saturated rings. The van der Waals surface area contributed by atoms with Gasteiger partial charge in [0, 0.05) is 6.04 Å². The van der Waals surface area contributed by atoms with E-state index in [0.29, 0.717) is 12.1 Å². The molecule has 1 saturated carbocycles. The van der Waals surface area contributed by atoms with Gasteiger partial charge in [-0.15, -0.1) is 0 Å². The van der Waals surface area contributed by atoms with Gasteiger partial charge in [-0.3, -0.25) is 0 Å². The minimum absolute atomic E-state index is 0.324. The molecule has 1 atom stereocenters. The van der Waals surface area contributed by atoms with Crippen LogP contribution in [0.5, 0.6) is 0 Å². The molecular weight excluding hydrogens is 186 g/mol. The first-order valence-corrected chi connectivity index (χ1v) is 5.53. The van der Waals surface area contributed by atoms with Crippen LogP contribution in [0, 0.1) is 0 Å². The third-order valence-electron chi connectivity index (χ3n) is 2.88. The van der Waals surface area contributed by atoms with Gasteiger partial charge in [0.25, 0.3) is 0 Å². The van der Waals surface area contributed by atoms with E-state index < -0.39 is 0 Å². The van der Waals surface area contributed by atoms with E-state index in [0.717, 1.165) is 16.9 Å². The van der Waals surface area contributed by atoms with Crippen molar-refractivity contribution >= 4 is 11.0 Å². The lowest BCUT2D eigenvalue weighted by atomic mass is 10.3. The first-order valence-electron chi connectivity index (χ1n) is 5.53. The number of nitrogens with one attached hydrogen (secondary N) is 2. The lowest BCUT2D eigenvalue weighted by Gasteiger charge is -2.09. The molecule has 1 aliphatic carbocycles. The van der Waals surface area contributed by atoms with Crippen molar-refractivity contribution in [2.75, 3.05) is 0 Å². The standard InChI is InChI=1S/C12H15N3/c1-8(13-9-6-7-9)12-14-10-4-2-3-5-11(10)15-12/h2-5,8-9,13H,6-7H2,1H3,(H,14,15). The number of rotatable bonds is 3. The van der Waals surface area contributed by atoms with Crippen molar-refractivity contribution in [3.63, 3.8) is 0 Å². The van der Waals surface area contributed by atoms with Gasteiger partial charge < -0.3 is 10.3 Å². The van der Waals surface area contributed by atoms with E-state index in [9.17, 15) is 0 Å². The summed E-state index contributed by atoms with van der Waals surface area (Å²) in [6.07, 6.45) is 2.62. The Balaban J connectivity index is 1.89. The number of aromatic amines is 1. The first kappa shape index (κ1) is 8.92. The monoisotopic (exact) mass is 201 g/mol. The fourth-order valence-electron chi connectivity index (χ4n) is 1.86. The highest BCUT2D eigenvalue weighted by Gasteiger charge is 2.24. The van der Waals surface area contributed by atoms with Gasteiger partial charge in [-0.2, -0.15) is 0 Å². The highest BCUT2D eigenvalue weighted by Crippen LogP contribution is 2.23. The van der Waals surface area contributed by atoms with E-state index in [1.807, 2.05) is 18.2 Å². The minimum atomic E-state index is 0.324. The number of para-hydroxylation sites is 2. The SMILES string of the molecule is CC(NC1CC1)c1nc2ccccc2[nH]1. The molecule has 0 saturated heterocycles. The van der Waals surface area contributed by atoms with Gasteiger partial charge in [-0.1, -0.05) is 12.1 Å². The smallest absolute Gasteiger partial charge is 0.124 e. The number of imidazole rings is 1. The zero-order valence-corrected chi connectivity index (χ0v) is 8.83. The normalized spacial score (nSPS) is 18.2. The van der Waals surface area contributed by atoms with Crippen LogP contribution in [0.3, 0.4) is 0 Å². The van der Waals surface area contributed by atoms with Gasteiger partial charge in [-0.05, 0) is 31.9 Å². The van der Waals surface area contributed by atoms with E-state index >= 15 is 0 Å². The average molecular weight is 201 g/mol. The summed E-state index contributed by atoms with van der Waals surface area (Å²) in [4.78, 5) is 7.93. The maximum Gasteiger partial charge on any atom is 0.124 e. The summed E-state index contributed by atoms with van der Waals surface area (Å²) >= 11 is 0. The maximum absolute atomic E-state index is 4.58. The second-order valence-electron chi connectivity index (χ2n) is 4.30. The van der Waals surface area contributed by atoms with E-state index in [1.165, 1.54) is 12.8 Å².